The quantitative estimate of drug-likeness (QED) is 0.739. The summed E-state index contributed by atoms with van der Waals surface area (Å²) in [5.41, 5.74) is 6.38. The van der Waals surface area contributed by atoms with Crippen molar-refractivity contribution < 1.29 is 13.2 Å². The van der Waals surface area contributed by atoms with E-state index in [-0.39, 0.29) is 11.7 Å². The Labute approximate surface area is 78.7 Å². The van der Waals surface area contributed by atoms with Crippen molar-refractivity contribution in [2.75, 3.05) is 0 Å². The average molecular weight is 205 g/mol. The third-order valence-corrected chi connectivity index (χ3v) is 2.29. The molecule has 0 amide bonds. The fourth-order valence-electron chi connectivity index (χ4n) is 1.74. The molecule has 0 bridgehead atoms. The third-order valence-electron chi connectivity index (χ3n) is 2.29. The zero-order valence-electron chi connectivity index (χ0n) is 7.38. The molecule has 14 heavy (non-hydrogen) atoms. The highest BCUT2D eigenvalue weighted by Crippen LogP contribution is 2.25. The van der Waals surface area contributed by atoms with Gasteiger partial charge >= 0.3 is 6.18 Å². The second-order valence-electron chi connectivity index (χ2n) is 3.55. The lowest BCUT2D eigenvalue weighted by atomic mass is 10.1. The molecule has 1 aliphatic rings. The summed E-state index contributed by atoms with van der Waals surface area (Å²) in [6.07, 6.45) is -3.22. The van der Waals surface area contributed by atoms with Crippen LogP contribution in [0.15, 0.2) is 6.33 Å². The van der Waals surface area contributed by atoms with Crippen molar-refractivity contribution in [3.63, 3.8) is 0 Å². The zero-order valence-corrected chi connectivity index (χ0v) is 7.38. The van der Waals surface area contributed by atoms with Gasteiger partial charge in [-0.05, 0) is 0 Å². The molecule has 0 saturated carbocycles. The lowest BCUT2D eigenvalue weighted by Gasteiger charge is -2.04. The van der Waals surface area contributed by atoms with Gasteiger partial charge in [0.25, 0.3) is 0 Å². The van der Waals surface area contributed by atoms with Gasteiger partial charge in [-0.3, -0.25) is 0 Å². The van der Waals surface area contributed by atoms with Crippen molar-refractivity contribution in [2.24, 2.45) is 5.73 Å². The third kappa shape index (κ3) is 1.75. The van der Waals surface area contributed by atoms with E-state index in [1.54, 1.807) is 4.57 Å². The second kappa shape index (κ2) is 2.98. The molecule has 0 radical (unpaired) electrons. The standard InChI is InChI=1S/C8H10F3N3/c9-8(10,11)2-6-7-1-5(12)3-14(7)4-13-6/h4-5H,1-3,12H2. The molecule has 3 nitrogen and oxygen atoms in total. The van der Waals surface area contributed by atoms with Crippen LogP contribution < -0.4 is 5.73 Å². The molecule has 6 heteroatoms. The van der Waals surface area contributed by atoms with Crippen molar-refractivity contribution in [1.82, 2.24) is 9.55 Å². The Bertz CT molecular complexity index is 342. The van der Waals surface area contributed by atoms with E-state index in [4.69, 9.17) is 5.73 Å². The Morgan fingerprint density at radius 3 is 2.93 bits per heavy atom. The number of halogens is 3. The van der Waals surface area contributed by atoms with Crippen molar-refractivity contribution in [2.45, 2.75) is 31.6 Å². The fraction of sp³-hybridized carbons (Fsp3) is 0.625. The molecule has 1 atom stereocenters. The average Bonchev–Trinajstić information content (AvgIpc) is 2.49. The van der Waals surface area contributed by atoms with Crippen LogP contribution >= 0.6 is 0 Å². The maximum absolute atomic E-state index is 12.1. The van der Waals surface area contributed by atoms with Gasteiger partial charge in [-0.25, -0.2) is 4.98 Å². The molecule has 0 aliphatic carbocycles. The Balaban J connectivity index is 2.21. The predicted octanol–water partition coefficient (Wildman–Crippen LogP) is 0.871. The molecule has 0 saturated heterocycles. The summed E-state index contributed by atoms with van der Waals surface area (Å²) in [5.74, 6) is 0. The normalized spacial score (nSPS) is 21.3. The largest absolute Gasteiger partial charge is 0.394 e. The topological polar surface area (TPSA) is 43.8 Å². The van der Waals surface area contributed by atoms with E-state index in [1.165, 1.54) is 6.33 Å². The summed E-state index contributed by atoms with van der Waals surface area (Å²) in [5, 5.41) is 0. The molecule has 1 unspecified atom stereocenters. The number of aromatic nitrogens is 2. The molecule has 0 spiro atoms. The van der Waals surface area contributed by atoms with E-state index < -0.39 is 12.6 Å². The molecule has 78 valence electrons. The summed E-state index contributed by atoms with van der Waals surface area (Å²) >= 11 is 0. The highest BCUT2D eigenvalue weighted by atomic mass is 19.4. The molecular formula is C8H10F3N3. The molecule has 1 aromatic heterocycles. The number of rotatable bonds is 1. The van der Waals surface area contributed by atoms with Gasteiger partial charge in [0.05, 0.1) is 18.4 Å². The fourth-order valence-corrected chi connectivity index (χ4v) is 1.74. The number of imidazole rings is 1. The molecule has 2 N–H and O–H groups in total. The van der Waals surface area contributed by atoms with Gasteiger partial charge in [-0.15, -0.1) is 0 Å². The van der Waals surface area contributed by atoms with Gasteiger partial charge in [-0.1, -0.05) is 0 Å². The summed E-state index contributed by atoms with van der Waals surface area (Å²) in [6.45, 7) is 0.570. The monoisotopic (exact) mass is 205 g/mol. The Hall–Kier alpha value is -1.04. The molecule has 1 aromatic rings. The van der Waals surface area contributed by atoms with Crippen molar-refractivity contribution >= 4 is 0 Å². The number of nitrogens with two attached hydrogens (primary N) is 1. The highest BCUT2D eigenvalue weighted by molar-refractivity contribution is 5.19. The van der Waals surface area contributed by atoms with Crippen LogP contribution in [0.5, 0.6) is 0 Å². The number of hydrogen-bond donors (Lipinski definition) is 1. The summed E-state index contributed by atoms with van der Waals surface area (Å²) in [6, 6.07) is -0.0695. The minimum Gasteiger partial charge on any atom is -0.333 e. The maximum Gasteiger partial charge on any atom is 0.394 e. The van der Waals surface area contributed by atoms with Gasteiger partial charge in [-0.2, -0.15) is 13.2 Å². The van der Waals surface area contributed by atoms with E-state index in [0.717, 1.165) is 0 Å². The Morgan fingerprint density at radius 2 is 2.29 bits per heavy atom. The first-order valence-electron chi connectivity index (χ1n) is 4.31. The van der Waals surface area contributed by atoms with E-state index >= 15 is 0 Å². The number of hydrogen-bond acceptors (Lipinski definition) is 2. The SMILES string of the molecule is NC1Cc2c(CC(F)(F)F)ncn2C1. The van der Waals surface area contributed by atoms with E-state index in [0.29, 0.717) is 18.7 Å². The predicted molar refractivity (Wildman–Crippen MR) is 43.7 cm³/mol. The van der Waals surface area contributed by atoms with Crippen molar-refractivity contribution in [1.29, 1.82) is 0 Å². The molecule has 0 fully saturated rings. The van der Waals surface area contributed by atoms with Crippen LogP contribution in [0.3, 0.4) is 0 Å². The van der Waals surface area contributed by atoms with Crippen LogP contribution in [-0.2, 0) is 19.4 Å². The first-order chi connectivity index (χ1) is 6.46. The Kier molecular flexibility index (Phi) is 2.02. The van der Waals surface area contributed by atoms with Crippen molar-refractivity contribution in [3.05, 3.63) is 17.7 Å². The molecule has 1 aliphatic heterocycles. The van der Waals surface area contributed by atoms with Crippen LogP contribution in [0.4, 0.5) is 13.2 Å². The lowest BCUT2D eigenvalue weighted by Crippen LogP contribution is -2.21. The smallest absolute Gasteiger partial charge is 0.333 e. The number of fused-ring (bicyclic) bond motifs is 1. The van der Waals surface area contributed by atoms with Gasteiger partial charge < -0.3 is 10.3 Å². The van der Waals surface area contributed by atoms with E-state index in [2.05, 4.69) is 4.98 Å². The van der Waals surface area contributed by atoms with Crippen LogP contribution in [-0.4, -0.2) is 21.8 Å². The maximum atomic E-state index is 12.1. The first-order valence-corrected chi connectivity index (χ1v) is 4.31. The number of nitrogens with zero attached hydrogens (tertiary/aromatic N) is 2. The van der Waals surface area contributed by atoms with Crippen LogP contribution in [0.2, 0.25) is 0 Å². The van der Waals surface area contributed by atoms with Gasteiger partial charge in [0, 0.05) is 24.7 Å². The highest BCUT2D eigenvalue weighted by Gasteiger charge is 2.32. The van der Waals surface area contributed by atoms with Gasteiger partial charge in [0.2, 0.25) is 0 Å². The Morgan fingerprint density at radius 1 is 1.57 bits per heavy atom. The molecule has 0 aromatic carbocycles. The van der Waals surface area contributed by atoms with Crippen LogP contribution in [0.1, 0.15) is 11.4 Å². The number of alkyl halides is 3. The molecule has 2 rings (SSSR count). The zero-order chi connectivity index (χ0) is 10.3. The van der Waals surface area contributed by atoms with Gasteiger partial charge in [0.1, 0.15) is 0 Å². The second-order valence-corrected chi connectivity index (χ2v) is 3.55. The minimum atomic E-state index is -4.19. The van der Waals surface area contributed by atoms with E-state index in [1.807, 2.05) is 0 Å². The summed E-state index contributed by atoms with van der Waals surface area (Å²) < 4.78 is 38.0. The minimum absolute atomic E-state index is 0.0695. The molecule has 2 heterocycles. The molecular weight excluding hydrogens is 195 g/mol. The van der Waals surface area contributed by atoms with Crippen LogP contribution in [0.25, 0.3) is 0 Å². The van der Waals surface area contributed by atoms with Gasteiger partial charge in [0.15, 0.2) is 0 Å². The lowest BCUT2D eigenvalue weighted by molar-refractivity contribution is -0.127. The van der Waals surface area contributed by atoms with Crippen molar-refractivity contribution in [3.8, 4) is 0 Å². The summed E-state index contributed by atoms with van der Waals surface area (Å²) in [4.78, 5) is 3.75. The van der Waals surface area contributed by atoms with Crippen LogP contribution in [0, 0.1) is 0 Å². The van der Waals surface area contributed by atoms with E-state index in [9.17, 15) is 13.2 Å². The summed E-state index contributed by atoms with van der Waals surface area (Å²) in [7, 11) is 0. The first kappa shape index (κ1) is 9.51.